The molecule has 2 rings (SSSR count). The van der Waals surface area contributed by atoms with Crippen molar-refractivity contribution in [2.24, 2.45) is 0 Å². The normalized spacial score (nSPS) is 13.3. The largest absolute Gasteiger partial charge is 0.506 e. The molecule has 0 fully saturated rings. The van der Waals surface area contributed by atoms with Crippen LogP contribution in [0.15, 0.2) is 29.1 Å². The van der Waals surface area contributed by atoms with Crippen molar-refractivity contribution in [2.45, 2.75) is 45.4 Å². The average Bonchev–Trinajstić information content (AvgIpc) is 2.45. The fraction of sp³-hybridized carbons (Fsp3) is 0.438. The summed E-state index contributed by atoms with van der Waals surface area (Å²) in [6.45, 7) is 6.07. The SMILES string of the molecule is CCC(NC(C)C)C(O)c1ccc(O)c2[nH]c(=O)ccc12.Cl.O. The van der Waals surface area contributed by atoms with Gasteiger partial charge in [-0.2, -0.15) is 0 Å². The van der Waals surface area contributed by atoms with Gasteiger partial charge >= 0.3 is 0 Å². The number of aliphatic hydroxyl groups is 1. The molecule has 6 nitrogen and oxygen atoms in total. The van der Waals surface area contributed by atoms with Crippen LogP contribution in [-0.2, 0) is 0 Å². The molecule has 0 aliphatic heterocycles. The van der Waals surface area contributed by atoms with Gasteiger partial charge in [-0.3, -0.25) is 4.79 Å². The molecular weight excluding hydrogens is 320 g/mol. The Morgan fingerprint density at radius 1 is 1.22 bits per heavy atom. The molecule has 23 heavy (non-hydrogen) atoms. The van der Waals surface area contributed by atoms with Gasteiger partial charge in [0.25, 0.3) is 0 Å². The van der Waals surface area contributed by atoms with E-state index in [0.29, 0.717) is 16.5 Å². The second-order valence-corrected chi connectivity index (χ2v) is 5.57. The van der Waals surface area contributed by atoms with E-state index in [1.807, 2.05) is 20.8 Å². The topological polar surface area (TPSA) is 117 Å². The van der Waals surface area contributed by atoms with Crippen LogP contribution in [0.1, 0.15) is 38.9 Å². The van der Waals surface area contributed by atoms with Crippen LogP contribution in [0.4, 0.5) is 0 Å². The van der Waals surface area contributed by atoms with Gasteiger partial charge in [0, 0.05) is 23.5 Å². The third-order valence-corrected chi connectivity index (χ3v) is 3.59. The van der Waals surface area contributed by atoms with Gasteiger partial charge in [0.15, 0.2) is 0 Å². The predicted molar refractivity (Wildman–Crippen MR) is 94.4 cm³/mol. The third-order valence-electron chi connectivity index (χ3n) is 3.59. The molecule has 7 heteroatoms. The number of rotatable bonds is 5. The number of halogens is 1. The molecule has 6 N–H and O–H groups in total. The van der Waals surface area contributed by atoms with Crippen molar-refractivity contribution >= 4 is 23.3 Å². The van der Waals surface area contributed by atoms with Crippen molar-refractivity contribution in [3.05, 3.63) is 40.2 Å². The number of hydrogen-bond donors (Lipinski definition) is 4. The maximum atomic E-state index is 11.4. The van der Waals surface area contributed by atoms with E-state index >= 15 is 0 Å². The van der Waals surface area contributed by atoms with Crippen LogP contribution in [0, 0.1) is 0 Å². The number of nitrogens with one attached hydrogen (secondary N) is 2. The Bertz CT molecular complexity index is 687. The summed E-state index contributed by atoms with van der Waals surface area (Å²) in [5, 5.41) is 24.5. The van der Waals surface area contributed by atoms with Crippen molar-refractivity contribution in [3.8, 4) is 5.75 Å². The average molecular weight is 345 g/mol. The standard InChI is InChI=1S/C16H22N2O3.ClH.H2O/c1-4-12(17-9(2)3)16(21)11-5-7-13(19)15-10(11)6-8-14(20)18-15;;/h5-9,12,16-17,19,21H,4H2,1-3H3,(H,18,20);1H;1H2. The van der Waals surface area contributed by atoms with Gasteiger partial charge < -0.3 is 26.0 Å². The molecule has 0 spiro atoms. The Hall–Kier alpha value is -1.60. The van der Waals surface area contributed by atoms with E-state index in [4.69, 9.17) is 0 Å². The van der Waals surface area contributed by atoms with Gasteiger partial charge in [-0.1, -0.05) is 26.8 Å². The van der Waals surface area contributed by atoms with Crippen molar-refractivity contribution < 1.29 is 15.7 Å². The predicted octanol–water partition coefficient (Wildman–Crippen LogP) is 1.64. The molecule has 2 unspecified atom stereocenters. The fourth-order valence-corrected chi connectivity index (χ4v) is 2.59. The maximum absolute atomic E-state index is 11.4. The third kappa shape index (κ3) is 4.68. The lowest BCUT2D eigenvalue weighted by molar-refractivity contribution is 0.123. The molecule has 2 aromatic rings. The van der Waals surface area contributed by atoms with Crippen LogP contribution in [0.5, 0.6) is 5.75 Å². The van der Waals surface area contributed by atoms with Gasteiger partial charge in [0.05, 0.1) is 11.6 Å². The molecule has 0 radical (unpaired) electrons. The van der Waals surface area contributed by atoms with Crippen LogP contribution < -0.4 is 10.9 Å². The number of aliphatic hydroxyl groups excluding tert-OH is 1. The molecule has 0 saturated carbocycles. The summed E-state index contributed by atoms with van der Waals surface area (Å²) in [6.07, 6.45) is 0.0526. The minimum atomic E-state index is -0.716. The molecule has 0 bridgehead atoms. The van der Waals surface area contributed by atoms with Crippen molar-refractivity contribution in [1.82, 2.24) is 10.3 Å². The molecule has 0 aliphatic rings. The first kappa shape index (κ1) is 21.4. The zero-order valence-corrected chi connectivity index (χ0v) is 14.3. The van der Waals surface area contributed by atoms with Crippen molar-refractivity contribution in [1.29, 1.82) is 0 Å². The highest BCUT2D eigenvalue weighted by Crippen LogP contribution is 2.30. The number of pyridine rings is 1. The number of hydrogen-bond acceptors (Lipinski definition) is 4. The van der Waals surface area contributed by atoms with Crippen LogP contribution in [0.3, 0.4) is 0 Å². The van der Waals surface area contributed by atoms with E-state index in [1.165, 1.54) is 12.1 Å². The van der Waals surface area contributed by atoms with E-state index in [0.717, 1.165) is 6.42 Å². The van der Waals surface area contributed by atoms with Crippen molar-refractivity contribution in [2.75, 3.05) is 0 Å². The summed E-state index contributed by atoms with van der Waals surface area (Å²) in [6, 6.07) is 6.39. The van der Waals surface area contributed by atoms with Gasteiger partial charge in [-0.05, 0) is 24.1 Å². The summed E-state index contributed by atoms with van der Waals surface area (Å²) in [5.74, 6) is 0.00326. The number of fused-ring (bicyclic) bond motifs is 1. The molecular formula is C16H25ClN2O4. The maximum Gasteiger partial charge on any atom is 0.248 e. The summed E-state index contributed by atoms with van der Waals surface area (Å²) in [7, 11) is 0. The molecule has 0 saturated heterocycles. The lowest BCUT2D eigenvalue weighted by Crippen LogP contribution is -2.39. The Morgan fingerprint density at radius 2 is 1.87 bits per heavy atom. The van der Waals surface area contributed by atoms with E-state index in [1.54, 1.807) is 12.1 Å². The minimum absolute atomic E-state index is 0. The summed E-state index contributed by atoms with van der Waals surface area (Å²) >= 11 is 0. The first-order valence-electron chi connectivity index (χ1n) is 7.23. The Balaban J connectivity index is 0.00000242. The van der Waals surface area contributed by atoms with E-state index in [9.17, 15) is 15.0 Å². The minimum Gasteiger partial charge on any atom is -0.506 e. The van der Waals surface area contributed by atoms with Crippen LogP contribution in [-0.4, -0.2) is 32.8 Å². The van der Waals surface area contributed by atoms with Crippen LogP contribution >= 0.6 is 12.4 Å². The second-order valence-electron chi connectivity index (χ2n) is 5.57. The Labute approximate surface area is 141 Å². The van der Waals surface area contributed by atoms with E-state index in [-0.39, 0.29) is 41.3 Å². The molecule has 0 aliphatic carbocycles. The molecule has 1 heterocycles. The highest BCUT2D eigenvalue weighted by atomic mass is 35.5. The highest BCUT2D eigenvalue weighted by Gasteiger charge is 2.22. The number of phenols is 1. The molecule has 2 atom stereocenters. The summed E-state index contributed by atoms with van der Waals surface area (Å²) in [5.41, 5.74) is 0.772. The molecule has 1 aromatic carbocycles. The van der Waals surface area contributed by atoms with Gasteiger partial charge in [0.2, 0.25) is 5.56 Å². The molecule has 130 valence electrons. The Kier molecular flexibility index (Phi) is 8.26. The second kappa shape index (κ2) is 8.88. The zero-order chi connectivity index (χ0) is 15.6. The lowest BCUT2D eigenvalue weighted by atomic mass is 9.95. The summed E-state index contributed by atoms with van der Waals surface area (Å²) < 4.78 is 0. The van der Waals surface area contributed by atoms with Crippen LogP contribution in [0.25, 0.3) is 10.9 Å². The number of benzene rings is 1. The molecule has 0 amide bonds. The molecule has 1 aromatic heterocycles. The smallest absolute Gasteiger partial charge is 0.248 e. The zero-order valence-electron chi connectivity index (χ0n) is 13.5. The van der Waals surface area contributed by atoms with Crippen molar-refractivity contribution in [3.63, 3.8) is 0 Å². The fourth-order valence-electron chi connectivity index (χ4n) is 2.59. The van der Waals surface area contributed by atoms with Gasteiger partial charge in [-0.25, -0.2) is 0 Å². The number of H-pyrrole nitrogens is 1. The first-order chi connectivity index (χ1) is 9.93. The number of phenolic OH excluding ortho intramolecular Hbond substituents is 1. The Morgan fingerprint density at radius 3 is 2.43 bits per heavy atom. The number of aromatic hydroxyl groups is 1. The lowest BCUT2D eigenvalue weighted by Gasteiger charge is -2.26. The van der Waals surface area contributed by atoms with Gasteiger partial charge in [-0.15, -0.1) is 12.4 Å². The van der Waals surface area contributed by atoms with E-state index < -0.39 is 6.10 Å². The number of aromatic nitrogens is 1. The van der Waals surface area contributed by atoms with Crippen LogP contribution in [0.2, 0.25) is 0 Å². The first-order valence-corrected chi connectivity index (χ1v) is 7.23. The highest BCUT2D eigenvalue weighted by molar-refractivity contribution is 5.87. The quantitative estimate of drug-likeness (QED) is 0.659. The van der Waals surface area contributed by atoms with Gasteiger partial charge in [0.1, 0.15) is 5.75 Å². The monoisotopic (exact) mass is 344 g/mol. The summed E-state index contributed by atoms with van der Waals surface area (Å²) in [4.78, 5) is 14.0. The number of aromatic amines is 1. The van der Waals surface area contributed by atoms with E-state index in [2.05, 4.69) is 10.3 Å².